The van der Waals surface area contributed by atoms with Gasteiger partial charge in [0.05, 0.1) is 12.1 Å². The molecule has 0 aliphatic rings. The molecule has 2 N–H and O–H groups in total. The average Bonchev–Trinajstić information content (AvgIpc) is 3.24. The van der Waals surface area contributed by atoms with E-state index in [4.69, 9.17) is 10.5 Å². The highest BCUT2D eigenvalue weighted by molar-refractivity contribution is 5.82. The van der Waals surface area contributed by atoms with Crippen LogP contribution in [0.1, 0.15) is 67.4 Å². The second kappa shape index (κ2) is 10.2. The second-order valence-electron chi connectivity index (χ2n) is 8.96. The maximum Gasteiger partial charge on any atom is 0.435 e. The number of primary amides is 1. The van der Waals surface area contributed by atoms with Crippen LogP contribution in [-0.4, -0.2) is 37.3 Å². The molecule has 0 aliphatic heterocycles. The lowest BCUT2D eigenvalue weighted by Gasteiger charge is -2.18. The zero-order valence-corrected chi connectivity index (χ0v) is 20.1. The number of hydrogen-bond donors (Lipinski definition) is 1. The van der Waals surface area contributed by atoms with Crippen molar-refractivity contribution in [1.82, 2.24) is 19.7 Å². The number of carbonyl (C=O) groups is 2. The number of halogens is 3. The first-order valence-electron chi connectivity index (χ1n) is 10.8. The van der Waals surface area contributed by atoms with Gasteiger partial charge in [-0.15, -0.1) is 0 Å². The van der Waals surface area contributed by atoms with E-state index in [0.29, 0.717) is 22.9 Å². The lowest BCUT2D eigenvalue weighted by molar-refractivity contribution is -0.138. The fourth-order valence-corrected chi connectivity index (χ4v) is 3.12. The predicted molar refractivity (Wildman–Crippen MR) is 124 cm³/mol. The zero-order valence-electron chi connectivity index (χ0n) is 20.1. The summed E-state index contributed by atoms with van der Waals surface area (Å²) in [5.41, 5.74) is 4.38. The molecule has 0 saturated heterocycles. The van der Waals surface area contributed by atoms with E-state index in [-0.39, 0.29) is 12.2 Å². The molecule has 2 aromatic heterocycles. The van der Waals surface area contributed by atoms with Crippen LogP contribution in [0.2, 0.25) is 0 Å². The molecule has 1 unspecified atom stereocenters. The van der Waals surface area contributed by atoms with Gasteiger partial charge in [-0.25, -0.2) is 14.8 Å². The van der Waals surface area contributed by atoms with Crippen molar-refractivity contribution in [3.8, 4) is 11.8 Å². The summed E-state index contributed by atoms with van der Waals surface area (Å²) < 4.78 is 47.0. The lowest BCUT2D eigenvalue weighted by atomic mass is 9.95. The van der Waals surface area contributed by atoms with E-state index < -0.39 is 41.0 Å². The fraction of sp³-hybridized carbons (Fsp3) is 0.320. The Morgan fingerprint density at radius 1 is 1.14 bits per heavy atom. The summed E-state index contributed by atoms with van der Waals surface area (Å²) in [5.74, 6) is 3.95. The Balaban J connectivity index is 1.94. The van der Waals surface area contributed by atoms with Crippen molar-refractivity contribution in [3.63, 3.8) is 0 Å². The molecule has 188 valence electrons. The minimum Gasteiger partial charge on any atom is -0.442 e. The summed E-state index contributed by atoms with van der Waals surface area (Å²) in [6.45, 7) is 6.72. The normalized spacial score (nSPS) is 12.4. The first-order valence-corrected chi connectivity index (χ1v) is 10.8. The molecule has 0 spiro atoms. The third kappa shape index (κ3) is 6.69. The highest BCUT2D eigenvalue weighted by Crippen LogP contribution is 2.31. The number of hydrogen-bond acceptors (Lipinski definition) is 6. The lowest BCUT2D eigenvalue weighted by Crippen LogP contribution is -2.27. The van der Waals surface area contributed by atoms with Crippen molar-refractivity contribution in [2.45, 2.75) is 51.8 Å². The van der Waals surface area contributed by atoms with Gasteiger partial charge >= 0.3 is 12.3 Å². The van der Waals surface area contributed by atoms with Crippen molar-refractivity contribution in [2.75, 3.05) is 0 Å². The molecule has 8 nitrogen and oxygen atoms in total. The number of aromatic nitrogens is 4. The number of benzene rings is 1. The number of carbonyl (C=O) groups excluding carboxylic acids is 2. The Kier molecular flexibility index (Phi) is 7.48. The molecule has 0 bridgehead atoms. The van der Waals surface area contributed by atoms with E-state index >= 15 is 0 Å². The van der Waals surface area contributed by atoms with Crippen LogP contribution in [-0.2, 0) is 22.1 Å². The molecule has 1 amide bonds. The van der Waals surface area contributed by atoms with Gasteiger partial charge in [0, 0.05) is 24.4 Å². The van der Waals surface area contributed by atoms with Crippen LogP contribution in [0.25, 0.3) is 0 Å². The SMILES string of the molecule is CC(C(N)=O)c1ccccc1C#Cc1nc(Cc2cnn(C(=O)OC(C)(C)C)c2)ncc1C(F)(F)F. The molecule has 3 aromatic rings. The van der Waals surface area contributed by atoms with Gasteiger partial charge < -0.3 is 10.5 Å². The average molecular weight is 499 g/mol. The van der Waals surface area contributed by atoms with E-state index in [0.717, 1.165) is 4.68 Å². The molecule has 36 heavy (non-hydrogen) atoms. The van der Waals surface area contributed by atoms with E-state index in [2.05, 4.69) is 26.9 Å². The molecule has 0 saturated carbocycles. The molecule has 11 heteroatoms. The highest BCUT2D eigenvalue weighted by atomic mass is 19.4. The number of nitrogens with zero attached hydrogens (tertiary/aromatic N) is 4. The van der Waals surface area contributed by atoms with E-state index in [1.807, 2.05) is 0 Å². The van der Waals surface area contributed by atoms with Crippen LogP contribution in [0.5, 0.6) is 0 Å². The minimum absolute atomic E-state index is 0.00487. The molecular formula is C25H24F3N5O3. The Hall–Kier alpha value is -4.20. The van der Waals surface area contributed by atoms with Crippen LogP contribution in [0, 0.1) is 11.8 Å². The van der Waals surface area contributed by atoms with Crippen molar-refractivity contribution < 1.29 is 27.5 Å². The standard InChI is InChI=1S/C25H24F3N5O3/c1-15(22(29)34)18-8-6-5-7-17(18)9-10-20-19(25(26,27)28)13-30-21(32-20)11-16-12-31-33(14-16)23(35)36-24(2,3)4/h5-8,12-15H,11H2,1-4H3,(H2,29,34). The molecule has 3 rings (SSSR count). The molecule has 1 aromatic carbocycles. The first-order chi connectivity index (χ1) is 16.7. The summed E-state index contributed by atoms with van der Waals surface area (Å²) in [7, 11) is 0. The highest BCUT2D eigenvalue weighted by Gasteiger charge is 2.34. The van der Waals surface area contributed by atoms with Crippen molar-refractivity contribution in [3.05, 3.63) is 76.6 Å². The second-order valence-corrected chi connectivity index (χ2v) is 8.96. The van der Waals surface area contributed by atoms with E-state index in [1.54, 1.807) is 52.0 Å². The Morgan fingerprint density at radius 3 is 2.47 bits per heavy atom. The van der Waals surface area contributed by atoms with Gasteiger partial charge in [0.25, 0.3) is 0 Å². The van der Waals surface area contributed by atoms with Gasteiger partial charge in [-0.3, -0.25) is 4.79 Å². The third-order valence-corrected chi connectivity index (χ3v) is 4.89. The molecule has 0 aliphatic carbocycles. The maximum absolute atomic E-state index is 13.6. The van der Waals surface area contributed by atoms with Crippen LogP contribution in [0.15, 0.2) is 42.9 Å². The molecule has 0 radical (unpaired) electrons. The number of rotatable bonds is 4. The summed E-state index contributed by atoms with van der Waals surface area (Å²) in [4.78, 5) is 31.6. The van der Waals surface area contributed by atoms with E-state index in [9.17, 15) is 22.8 Å². The summed E-state index contributed by atoms with van der Waals surface area (Å²) in [6.07, 6.45) is -1.99. The maximum atomic E-state index is 13.6. The number of nitrogens with two attached hydrogens (primary N) is 1. The van der Waals surface area contributed by atoms with Gasteiger partial charge in [0.1, 0.15) is 22.7 Å². The van der Waals surface area contributed by atoms with Gasteiger partial charge in [-0.1, -0.05) is 24.1 Å². The number of ether oxygens (including phenoxy) is 1. The zero-order chi connectivity index (χ0) is 26.7. The minimum atomic E-state index is -4.73. The fourth-order valence-electron chi connectivity index (χ4n) is 3.12. The van der Waals surface area contributed by atoms with Crippen LogP contribution < -0.4 is 5.73 Å². The van der Waals surface area contributed by atoms with Crippen molar-refractivity contribution in [1.29, 1.82) is 0 Å². The largest absolute Gasteiger partial charge is 0.442 e. The van der Waals surface area contributed by atoms with Gasteiger partial charge in [-0.2, -0.15) is 23.0 Å². The van der Waals surface area contributed by atoms with Gasteiger partial charge in [0.2, 0.25) is 5.91 Å². The van der Waals surface area contributed by atoms with Crippen LogP contribution in [0.3, 0.4) is 0 Å². The summed E-state index contributed by atoms with van der Waals surface area (Å²) >= 11 is 0. The predicted octanol–water partition coefficient (Wildman–Crippen LogP) is 4.05. The van der Waals surface area contributed by atoms with Gasteiger partial charge in [-0.05, 0) is 50.8 Å². The van der Waals surface area contributed by atoms with Crippen molar-refractivity contribution >= 4 is 12.0 Å². The molecule has 2 heterocycles. The third-order valence-electron chi connectivity index (χ3n) is 4.89. The summed E-state index contributed by atoms with van der Waals surface area (Å²) in [5, 5.41) is 3.93. The topological polar surface area (TPSA) is 113 Å². The quantitative estimate of drug-likeness (QED) is 0.542. The molecular weight excluding hydrogens is 475 g/mol. The van der Waals surface area contributed by atoms with Crippen molar-refractivity contribution in [2.24, 2.45) is 5.73 Å². The number of amides is 1. The Bertz CT molecular complexity index is 1350. The van der Waals surface area contributed by atoms with Crippen LogP contribution in [0.4, 0.5) is 18.0 Å². The first kappa shape index (κ1) is 26.4. The molecule has 1 atom stereocenters. The van der Waals surface area contributed by atoms with E-state index in [1.165, 1.54) is 12.4 Å². The Morgan fingerprint density at radius 2 is 1.83 bits per heavy atom. The van der Waals surface area contributed by atoms with Crippen LogP contribution >= 0.6 is 0 Å². The Labute approximate surface area is 205 Å². The summed E-state index contributed by atoms with van der Waals surface area (Å²) in [6, 6.07) is 6.56. The monoisotopic (exact) mass is 499 g/mol. The van der Waals surface area contributed by atoms with Gasteiger partial charge in [0.15, 0.2) is 0 Å². The number of alkyl halides is 3. The smallest absolute Gasteiger partial charge is 0.435 e. The molecule has 0 fully saturated rings.